The number of hydrogen-bond donors (Lipinski definition) is 3. The summed E-state index contributed by atoms with van der Waals surface area (Å²) in [5.41, 5.74) is -2.49. The highest BCUT2D eigenvalue weighted by Crippen LogP contribution is 2.20. The van der Waals surface area contributed by atoms with Crippen LogP contribution in [0.3, 0.4) is 0 Å². The van der Waals surface area contributed by atoms with Crippen LogP contribution in [0, 0.1) is 17.5 Å². The van der Waals surface area contributed by atoms with Gasteiger partial charge in [-0.05, 0) is 13.8 Å². The smallest absolute Gasteiger partial charge is 0.328 e. The zero-order valence-corrected chi connectivity index (χ0v) is 10.1. The summed E-state index contributed by atoms with van der Waals surface area (Å²) < 4.78 is 39.1. The number of carbonyl (C=O) groups is 2. The van der Waals surface area contributed by atoms with E-state index in [1.807, 2.05) is 5.32 Å². The molecule has 0 aliphatic heterocycles. The third-order valence-corrected chi connectivity index (χ3v) is 2.21. The Morgan fingerprint density at radius 1 is 1.16 bits per heavy atom. The van der Waals surface area contributed by atoms with E-state index >= 15 is 0 Å². The highest BCUT2D eigenvalue weighted by Gasteiger charge is 2.29. The first-order valence-electron chi connectivity index (χ1n) is 5.10. The Morgan fingerprint density at radius 2 is 1.63 bits per heavy atom. The molecule has 1 rings (SSSR count). The molecule has 104 valence electrons. The number of carboxylic acids is 1. The SMILES string of the molecule is CC(C)(NC(=O)Nc1c(F)cc(F)cc1F)C(=O)O. The van der Waals surface area contributed by atoms with Crippen molar-refractivity contribution in [3.05, 3.63) is 29.6 Å². The highest BCUT2D eigenvalue weighted by atomic mass is 19.1. The molecule has 0 heterocycles. The van der Waals surface area contributed by atoms with Gasteiger partial charge in [0.2, 0.25) is 0 Å². The number of benzene rings is 1. The molecule has 0 radical (unpaired) electrons. The van der Waals surface area contributed by atoms with E-state index in [1.165, 1.54) is 13.8 Å². The molecule has 0 atom stereocenters. The zero-order chi connectivity index (χ0) is 14.8. The maximum Gasteiger partial charge on any atom is 0.328 e. The molecule has 0 aliphatic carbocycles. The van der Waals surface area contributed by atoms with E-state index in [0.717, 1.165) is 0 Å². The topological polar surface area (TPSA) is 78.4 Å². The summed E-state index contributed by atoms with van der Waals surface area (Å²) >= 11 is 0. The lowest BCUT2D eigenvalue weighted by atomic mass is 10.1. The normalized spacial score (nSPS) is 11.0. The molecular weight excluding hydrogens is 265 g/mol. The lowest BCUT2D eigenvalue weighted by molar-refractivity contribution is -0.142. The van der Waals surface area contributed by atoms with Gasteiger partial charge in [0.15, 0.2) is 11.6 Å². The maximum atomic E-state index is 13.2. The van der Waals surface area contributed by atoms with Gasteiger partial charge in [-0.15, -0.1) is 0 Å². The third-order valence-electron chi connectivity index (χ3n) is 2.21. The Balaban J connectivity index is 2.87. The Kier molecular flexibility index (Phi) is 4.03. The fraction of sp³-hybridized carbons (Fsp3) is 0.273. The van der Waals surface area contributed by atoms with E-state index < -0.39 is 40.7 Å². The van der Waals surface area contributed by atoms with Gasteiger partial charge in [-0.3, -0.25) is 0 Å². The van der Waals surface area contributed by atoms with Crippen molar-refractivity contribution >= 4 is 17.7 Å². The molecule has 0 fully saturated rings. The molecule has 0 unspecified atom stereocenters. The number of halogens is 3. The predicted octanol–water partition coefficient (Wildman–Crippen LogP) is 2.09. The van der Waals surface area contributed by atoms with Gasteiger partial charge in [0, 0.05) is 12.1 Å². The Bertz CT molecular complexity index is 509. The number of rotatable bonds is 3. The molecule has 8 heteroatoms. The largest absolute Gasteiger partial charge is 0.480 e. The number of amides is 2. The van der Waals surface area contributed by atoms with Gasteiger partial charge in [-0.25, -0.2) is 22.8 Å². The van der Waals surface area contributed by atoms with Crippen molar-refractivity contribution in [3.8, 4) is 0 Å². The predicted molar refractivity (Wildman–Crippen MR) is 60.2 cm³/mol. The molecule has 0 saturated heterocycles. The van der Waals surface area contributed by atoms with E-state index in [9.17, 15) is 22.8 Å². The van der Waals surface area contributed by atoms with Crippen LogP contribution in [-0.2, 0) is 4.79 Å². The van der Waals surface area contributed by atoms with Crippen LogP contribution in [0.2, 0.25) is 0 Å². The molecule has 5 nitrogen and oxygen atoms in total. The summed E-state index contributed by atoms with van der Waals surface area (Å²) in [7, 11) is 0. The summed E-state index contributed by atoms with van der Waals surface area (Å²) in [5.74, 6) is -5.07. The van der Waals surface area contributed by atoms with Crippen molar-refractivity contribution < 1.29 is 27.9 Å². The number of hydrogen-bond acceptors (Lipinski definition) is 2. The number of anilines is 1. The minimum absolute atomic E-state index is 0.390. The molecule has 0 aromatic heterocycles. The fourth-order valence-corrected chi connectivity index (χ4v) is 1.14. The van der Waals surface area contributed by atoms with Crippen LogP contribution in [0.5, 0.6) is 0 Å². The molecule has 2 amide bonds. The highest BCUT2D eigenvalue weighted by molar-refractivity contribution is 5.93. The standard InChI is InChI=1S/C11H11F3N2O3/c1-11(2,9(17)18)16-10(19)15-8-6(13)3-5(12)4-7(8)14/h3-4H,1-2H3,(H,17,18)(H2,15,16,19). The van der Waals surface area contributed by atoms with Gasteiger partial charge < -0.3 is 15.7 Å². The van der Waals surface area contributed by atoms with Crippen molar-refractivity contribution in [1.29, 1.82) is 0 Å². The lowest BCUT2D eigenvalue weighted by Gasteiger charge is -2.21. The van der Waals surface area contributed by atoms with Crippen LogP contribution in [-0.4, -0.2) is 22.6 Å². The van der Waals surface area contributed by atoms with Crippen molar-refractivity contribution in [2.45, 2.75) is 19.4 Å². The van der Waals surface area contributed by atoms with Crippen molar-refractivity contribution in [1.82, 2.24) is 5.32 Å². The van der Waals surface area contributed by atoms with E-state index in [2.05, 4.69) is 0 Å². The Morgan fingerprint density at radius 3 is 2.05 bits per heavy atom. The van der Waals surface area contributed by atoms with Gasteiger partial charge in [-0.1, -0.05) is 0 Å². The molecule has 0 spiro atoms. The molecule has 19 heavy (non-hydrogen) atoms. The van der Waals surface area contributed by atoms with Crippen molar-refractivity contribution in [3.63, 3.8) is 0 Å². The van der Waals surface area contributed by atoms with Crippen LogP contribution in [0.1, 0.15) is 13.8 Å². The number of aliphatic carboxylic acids is 1. The summed E-state index contributed by atoms with van der Waals surface area (Å²) in [6.07, 6.45) is 0. The molecule has 1 aromatic rings. The number of nitrogens with one attached hydrogen (secondary N) is 2. The van der Waals surface area contributed by atoms with Crippen LogP contribution >= 0.6 is 0 Å². The van der Waals surface area contributed by atoms with Crippen LogP contribution in [0.25, 0.3) is 0 Å². The summed E-state index contributed by atoms with van der Waals surface area (Å²) in [4.78, 5) is 22.2. The minimum Gasteiger partial charge on any atom is -0.480 e. The molecule has 0 aliphatic rings. The summed E-state index contributed by atoms with van der Waals surface area (Å²) in [6.45, 7) is 2.37. The molecular formula is C11H11F3N2O3. The second kappa shape index (κ2) is 5.17. The van der Waals surface area contributed by atoms with Crippen molar-refractivity contribution in [2.75, 3.05) is 5.32 Å². The summed E-state index contributed by atoms with van der Waals surface area (Å²) in [6, 6.07) is -0.348. The second-order valence-corrected chi connectivity index (χ2v) is 4.25. The average molecular weight is 276 g/mol. The van der Waals surface area contributed by atoms with Crippen LogP contribution < -0.4 is 10.6 Å². The Labute approximate surface area is 106 Å². The number of carbonyl (C=O) groups excluding carboxylic acids is 1. The second-order valence-electron chi connectivity index (χ2n) is 4.25. The number of carboxylic acid groups (broad SMARTS) is 1. The van der Waals surface area contributed by atoms with Crippen molar-refractivity contribution in [2.24, 2.45) is 0 Å². The van der Waals surface area contributed by atoms with E-state index in [0.29, 0.717) is 12.1 Å². The first kappa shape index (κ1) is 14.8. The fourth-order valence-electron chi connectivity index (χ4n) is 1.14. The molecule has 0 bridgehead atoms. The van der Waals surface area contributed by atoms with Gasteiger partial charge in [0.25, 0.3) is 0 Å². The first-order valence-corrected chi connectivity index (χ1v) is 5.10. The molecule has 3 N–H and O–H groups in total. The Hall–Kier alpha value is -2.25. The average Bonchev–Trinajstić information content (AvgIpc) is 2.22. The quantitative estimate of drug-likeness (QED) is 0.791. The first-order chi connectivity index (χ1) is 8.63. The lowest BCUT2D eigenvalue weighted by Crippen LogP contribution is -2.51. The zero-order valence-electron chi connectivity index (χ0n) is 10.1. The van der Waals surface area contributed by atoms with E-state index in [4.69, 9.17) is 5.11 Å². The van der Waals surface area contributed by atoms with Gasteiger partial charge in [0.05, 0.1) is 0 Å². The third kappa shape index (κ3) is 3.60. The van der Waals surface area contributed by atoms with Crippen LogP contribution in [0.4, 0.5) is 23.7 Å². The summed E-state index contributed by atoms with van der Waals surface area (Å²) in [5, 5.41) is 12.5. The minimum atomic E-state index is -1.63. The maximum absolute atomic E-state index is 13.2. The van der Waals surface area contributed by atoms with Crippen LogP contribution in [0.15, 0.2) is 12.1 Å². The number of urea groups is 1. The van der Waals surface area contributed by atoms with E-state index in [1.54, 1.807) is 5.32 Å². The van der Waals surface area contributed by atoms with Gasteiger partial charge in [-0.2, -0.15) is 0 Å². The van der Waals surface area contributed by atoms with Gasteiger partial charge >= 0.3 is 12.0 Å². The molecule has 1 aromatic carbocycles. The molecule has 0 saturated carbocycles. The van der Waals surface area contributed by atoms with E-state index in [-0.39, 0.29) is 0 Å². The monoisotopic (exact) mass is 276 g/mol. The van der Waals surface area contributed by atoms with Gasteiger partial charge in [0.1, 0.15) is 17.0 Å².